The molecule has 0 unspecified atom stereocenters. The fourth-order valence-electron chi connectivity index (χ4n) is 2.91. The number of benzene rings is 2. The third-order valence-electron chi connectivity index (χ3n) is 4.36. The molecule has 132 valence electrons. The van der Waals surface area contributed by atoms with E-state index in [-0.39, 0.29) is 0 Å². The second kappa shape index (κ2) is 8.17. The van der Waals surface area contributed by atoms with Crippen molar-refractivity contribution in [2.45, 2.75) is 20.8 Å². The zero-order chi connectivity index (χ0) is 18.7. The van der Waals surface area contributed by atoms with Crippen LogP contribution < -0.4 is 12.5 Å². The van der Waals surface area contributed by atoms with Crippen LogP contribution >= 0.6 is 38.7 Å². The van der Waals surface area contributed by atoms with Gasteiger partial charge < -0.3 is 12.5 Å². The molecule has 0 radical (unpaired) electrons. The first-order valence-electron chi connectivity index (χ1n) is 7.46. The van der Waals surface area contributed by atoms with E-state index < -0.39 is 0 Å². The summed E-state index contributed by atoms with van der Waals surface area (Å²) >= 11 is 12.1. The Balaban J connectivity index is 2.97. The van der Waals surface area contributed by atoms with E-state index >= 15 is 0 Å². The molecule has 3 nitrogen and oxygen atoms in total. The molecule has 0 heterocycles. The Morgan fingerprint density at radius 2 is 1.28 bits per heavy atom. The van der Waals surface area contributed by atoms with Gasteiger partial charge in [-0.25, -0.2) is 0 Å². The summed E-state index contributed by atoms with van der Waals surface area (Å²) in [5, 5.41) is 0. The molecule has 0 bridgehead atoms. The molecule has 0 aliphatic carbocycles. The van der Waals surface area contributed by atoms with E-state index in [9.17, 15) is 0 Å². The Labute approximate surface area is 165 Å². The SMILES string of the molecule is C=Cc1cc(OS)c(-c2c(C)c(OS)c(C)c(C)c2OS)cc1C=C. The molecule has 2 aromatic rings. The average molecular weight is 393 g/mol. The highest BCUT2D eigenvalue weighted by Crippen LogP contribution is 2.48. The van der Waals surface area contributed by atoms with E-state index in [4.69, 9.17) is 12.5 Å². The summed E-state index contributed by atoms with van der Waals surface area (Å²) in [5.41, 5.74) is 6.07. The summed E-state index contributed by atoms with van der Waals surface area (Å²) in [5.74, 6) is 1.86. The van der Waals surface area contributed by atoms with Crippen molar-refractivity contribution in [1.82, 2.24) is 0 Å². The van der Waals surface area contributed by atoms with Gasteiger partial charge >= 0.3 is 0 Å². The molecule has 6 heteroatoms. The van der Waals surface area contributed by atoms with Crippen LogP contribution in [0.15, 0.2) is 25.3 Å². The lowest BCUT2D eigenvalue weighted by atomic mass is 9.90. The molecule has 0 spiro atoms. The van der Waals surface area contributed by atoms with Crippen LogP contribution in [0.1, 0.15) is 27.8 Å². The maximum absolute atomic E-state index is 5.41. The predicted octanol–water partition coefficient (Wildman–Crippen LogP) is 6.24. The molecule has 0 fully saturated rings. The molecule has 25 heavy (non-hydrogen) atoms. The second-order valence-corrected chi connectivity index (χ2v) is 6.12. The number of hydrogen-bond donors (Lipinski definition) is 3. The summed E-state index contributed by atoms with van der Waals surface area (Å²) in [7, 11) is 0. The van der Waals surface area contributed by atoms with E-state index in [0.29, 0.717) is 17.2 Å². The van der Waals surface area contributed by atoms with Crippen LogP contribution in [0.3, 0.4) is 0 Å². The lowest BCUT2D eigenvalue weighted by Crippen LogP contribution is -2.00. The largest absolute Gasteiger partial charge is 0.428 e. The summed E-state index contributed by atoms with van der Waals surface area (Å²) < 4.78 is 16.0. The first-order chi connectivity index (χ1) is 11.9. The van der Waals surface area contributed by atoms with Gasteiger partial charge in [0.1, 0.15) is 17.2 Å². The second-order valence-electron chi connectivity index (χ2n) is 5.57. The van der Waals surface area contributed by atoms with Gasteiger partial charge in [-0.15, -0.1) is 0 Å². The molecular formula is C19H20O3S3. The molecule has 0 amide bonds. The summed E-state index contributed by atoms with van der Waals surface area (Å²) in [6.07, 6.45) is 3.50. The normalized spacial score (nSPS) is 10.3. The van der Waals surface area contributed by atoms with Crippen molar-refractivity contribution in [2.75, 3.05) is 0 Å². The summed E-state index contributed by atoms with van der Waals surface area (Å²) in [6.45, 7) is 13.5. The van der Waals surface area contributed by atoms with Gasteiger partial charge in [-0.2, -0.15) is 0 Å². The molecule has 0 N–H and O–H groups in total. The van der Waals surface area contributed by atoms with Gasteiger partial charge in [-0.3, -0.25) is 0 Å². The van der Waals surface area contributed by atoms with Crippen LogP contribution in [0.25, 0.3) is 23.3 Å². The first-order valence-corrected chi connectivity index (χ1v) is 8.55. The van der Waals surface area contributed by atoms with Crippen molar-refractivity contribution >= 4 is 50.9 Å². The Kier molecular flexibility index (Phi) is 6.43. The Morgan fingerprint density at radius 1 is 0.760 bits per heavy atom. The van der Waals surface area contributed by atoms with Gasteiger partial charge in [0.15, 0.2) is 0 Å². The van der Waals surface area contributed by atoms with Gasteiger partial charge in [-0.1, -0.05) is 25.3 Å². The van der Waals surface area contributed by atoms with Crippen LogP contribution in [0, 0.1) is 20.8 Å². The Bertz CT molecular complexity index is 845. The smallest absolute Gasteiger partial charge is 0.148 e. The maximum Gasteiger partial charge on any atom is 0.148 e. The van der Waals surface area contributed by atoms with E-state index in [1.54, 1.807) is 12.2 Å². The van der Waals surface area contributed by atoms with Crippen LogP contribution in [0.4, 0.5) is 0 Å². The maximum atomic E-state index is 5.41. The first kappa shape index (κ1) is 19.7. The van der Waals surface area contributed by atoms with Crippen LogP contribution in [-0.4, -0.2) is 0 Å². The fraction of sp³-hybridized carbons (Fsp3) is 0.158. The number of rotatable bonds is 6. The van der Waals surface area contributed by atoms with Crippen molar-refractivity contribution in [3.05, 3.63) is 53.1 Å². The summed E-state index contributed by atoms with van der Waals surface area (Å²) in [4.78, 5) is 0. The fourth-order valence-corrected chi connectivity index (χ4v) is 3.56. The van der Waals surface area contributed by atoms with Gasteiger partial charge in [-0.05, 0) is 55.2 Å². The average Bonchev–Trinajstić information content (AvgIpc) is 2.63. The Hall–Kier alpha value is -1.63. The minimum absolute atomic E-state index is 0.562. The lowest BCUT2D eigenvalue weighted by molar-refractivity contribution is 0.622. The third kappa shape index (κ3) is 3.38. The minimum Gasteiger partial charge on any atom is -0.428 e. The van der Waals surface area contributed by atoms with Crippen molar-refractivity contribution in [2.24, 2.45) is 0 Å². The van der Waals surface area contributed by atoms with Crippen molar-refractivity contribution < 1.29 is 12.5 Å². The highest BCUT2D eigenvalue weighted by atomic mass is 32.1. The molecule has 0 aliphatic heterocycles. The molecule has 0 saturated heterocycles. The molecule has 2 rings (SSSR count). The topological polar surface area (TPSA) is 27.7 Å². The van der Waals surface area contributed by atoms with Gasteiger partial charge in [0.05, 0.1) is 0 Å². The highest BCUT2D eigenvalue weighted by molar-refractivity contribution is 7.75. The molecule has 0 aromatic heterocycles. The van der Waals surface area contributed by atoms with Gasteiger partial charge in [0.25, 0.3) is 0 Å². The van der Waals surface area contributed by atoms with Gasteiger partial charge in [0, 0.05) is 55.4 Å². The Morgan fingerprint density at radius 3 is 1.76 bits per heavy atom. The summed E-state index contributed by atoms with van der Waals surface area (Å²) in [6, 6.07) is 3.80. The molecule has 2 aromatic carbocycles. The standard InChI is InChI=1S/C19H20O3S3/c1-6-13-8-15(16(20-23)9-14(13)7-2)17-12(5)18(21-24)10(3)11(4)19(17)22-25/h6-9,23-25H,1-2H2,3-5H3. The van der Waals surface area contributed by atoms with E-state index in [1.807, 2.05) is 32.9 Å². The zero-order valence-electron chi connectivity index (χ0n) is 14.3. The van der Waals surface area contributed by atoms with Crippen LogP contribution in [0.5, 0.6) is 17.2 Å². The van der Waals surface area contributed by atoms with Crippen LogP contribution in [0.2, 0.25) is 0 Å². The van der Waals surface area contributed by atoms with Crippen molar-refractivity contribution in [3.8, 4) is 28.4 Å². The van der Waals surface area contributed by atoms with E-state index in [2.05, 4.69) is 51.9 Å². The van der Waals surface area contributed by atoms with Crippen LogP contribution in [-0.2, 0) is 0 Å². The van der Waals surface area contributed by atoms with Crippen molar-refractivity contribution in [3.63, 3.8) is 0 Å². The number of thiol groups is 3. The van der Waals surface area contributed by atoms with Gasteiger partial charge in [0.2, 0.25) is 0 Å². The quantitative estimate of drug-likeness (QED) is 0.401. The van der Waals surface area contributed by atoms with Crippen molar-refractivity contribution in [1.29, 1.82) is 0 Å². The van der Waals surface area contributed by atoms with E-state index in [1.165, 1.54) is 0 Å². The lowest BCUT2D eigenvalue weighted by Gasteiger charge is -2.21. The third-order valence-corrected chi connectivity index (χ3v) is 4.92. The predicted molar refractivity (Wildman–Crippen MR) is 115 cm³/mol. The van der Waals surface area contributed by atoms with E-state index in [0.717, 1.165) is 38.9 Å². The number of hydrogen-bond acceptors (Lipinski definition) is 6. The molecule has 0 atom stereocenters. The molecule has 0 saturated carbocycles. The minimum atomic E-state index is 0.562. The molecular weight excluding hydrogens is 372 g/mol. The zero-order valence-corrected chi connectivity index (χ0v) is 17.0. The monoisotopic (exact) mass is 392 g/mol. The molecule has 0 aliphatic rings. The highest BCUT2D eigenvalue weighted by Gasteiger charge is 2.23.